The van der Waals surface area contributed by atoms with Crippen LogP contribution in [0.4, 0.5) is 0 Å². The minimum Gasteiger partial charge on any atom is -0.438 e. The van der Waals surface area contributed by atoms with Crippen LogP contribution in [-0.4, -0.2) is 41.0 Å². The molecular formula is C10H13N3O2. The van der Waals surface area contributed by atoms with Gasteiger partial charge in [0.25, 0.3) is 5.91 Å². The summed E-state index contributed by atoms with van der Waals surface area (Å²) >= 11 is 0. The van der Waals surface area contributed by atoms with E-state index in [0.29, 0.717) is 17.8 Å². The maximum Gasteiger partial charge on any atom is 0.291 e. The first-order chi connectivity index (χ1) is 7.34. The number of hydrogen-bond acceptors (Lipinski definition) is 4. The van der Waals surface area contributed by atoms with E-state index in [0.717, 1.165) is 25.9 Å². The number of likely N-dealkylation sites (tertiary alicyclic amines) is 1. The molecule has 80 valence electrons. The van der Waals surface area contributed by atoms with Crippen molar-refractivity contribution < 1.29 is 9.21 Å². The van der Waals surface area contributed by atoms with E-state index in [2.05, 4.69) is 10.3 Å². The summed E-state index contributed by atoms with van der Waals surface area (Å²) in [7, 11) is 0. The van der Waals surface area contributed by atoms with Crippen LogP contribution in [0.25, 0.3) is 0 Å². The van der Waals surface area contributed by atoms with Crippen LogP contribution < -0.4 is 5.32 Å². The van der Waals surface area contributed by atoms with Gasteiger partial charge in [-0.15, -0.1) is 0 Å². The lowest BCUT2D eigenvalue weighted by Crippen LogP contribution is -2.36. The lowest BCUT2D eigenvalue weighted by atomic mass is 10.1. The van der Waals surface area contributed by atoms with E-state index in [1.807, 2.05) is 4.90 Å². The van der Waals surface area contributed by atoms with Gasteiger partial charge in [0.1, 0.15) is 0 Å². The fourth-order valence-electron chi connectivity index (χ4n) is 2.50. The van der Waals surface area contributed by atoms with Crippen molar-refractivity contribution in [2.75, 3.05) is 13.1 Å². The third-order valence-corrected chi connectivity index (χ3v) is 3.23. The molecule has 0 aliphatic carbocycles. The molecule has 2 atom stereocenters. The van der Waals surface area contributed by atoms with Gasteiger partial charge in [0.05, 0.1) is 6.20 Å². The molecule has 2 aliphatic heterocycles. The molecule has 3 heterocycles. The van der Waals surface area contributed by atoms with Crippen LogP contribution >= 0.6 is 0 Å². The Hall–Kier alpha value is -1.36. The fraction of sp³-hybridized carbons (Fsp3) is 0.600. The molecule has 0 saturated carbocycles. The average molecular weight is 207 g/mol. The zero-order chi connectivity index (χ0) is 10.3. The largest absolute Gasteiger partial charge is 0.438 e. The van der Waals surface area contributed by atoms with Crippen molar-refractivity contribution in [2.24, 2.45) is 0 Å². The first-order valence-corrected chi connectivity index (χ1v) is 5.27. The molecule has 1 amide bonds. The summed E-state index contributed by atoms with van der Waals surface area (Å²) in [6.07, 6.45) is 4.89. The van der Waals surface area contributed by atoms with E-state index in [1.54, 1.807) is 0 Å². The van der Waals surface area contributed by atoms with Crippen LogP contribution in [0.15, 0.2) is 17.0 Å². The second-order valence-electron chi connectivity index (χ2n) is 4.15. The highest BCUT2D eigenvalue weighted by atomic mass is 16.3. The number of aromatic nitrogens is 1. The quantitative estimate of drug-likeness (QED) is 0.717. The summed E-state index contributed by atoms with van der Waals surface area (Å²) in [5, 5.41) is 3.40. The topological polar surface area (TPSA) is 58.4 Å². The van der Waals surface area contributed by atoms with Gasteiger partial charge in [-0.2, -0.15) is 0 Å². The summed E-state index contributed by atoms with van der Waals surface area (Å²) in [4.78, 5) is 17.7. The van der Waals surface area contributed by atoms with Gasteiger partial charge in [0.15, 0.2) is 6.39 Å². The van der Waals surface area contributed by atoms with Gasteiger partial charge in [-0.1, -0.05) is 0 Å². The van der Waals surface area contributed by atoms with E-state index in [1.165, 1.54) is 12.6 Å². The zero-order valence-electron chi connectivity index (χ0n) is 8.35. The van der Waals surface area contributed by atoms with Crippen LogP contribution in [-0.2, 0) is 0 Å². The third kappa shape index (κ3) is 1.43. The number of fused-ring (bicyclic) bond motifs is 2. The molecule has 0 aromatic carbocycles. The summed E-state index contributed by atoms with van der Waals surface area (Å²) in [6, 6.07) is 0.851. The van der Waals surface area contributed by atoms with Gasteiger partial charge in [-0.25, -0.2) is 4.98 Å². The standard InChI is InChI=1S/C10H13N3O2/c14-10(9-4-11-6-15-9)13-5-7-3-8(13)1-2-12-7/h4,6-8,12H,1-3,5H2. The first kappa shape index (κ1) is 8.91. The van der Waals surface area contributed by atoms with Gasteiger partial charge in [-0.05, 0) is 19.4 Å². The Balaban J connectivity index is 1.80. The highest BCUT2D eigenvalue weighted by Gasteiger charge is 2.38. The van der Waals surface area contributed by atoms with Crippen LogP contribution in [0.5, 0.6) is 0 Å². The number of carbonyl (C=O) groups excluding carboxylic acids is 1. The molecule has 1 aromatic rings. The molecule has 15 heavy (non-hydrogen) atoms. The van der Waals surface area contributed by atoms with Crippen LogP contribution in [0, 0.1) is 0 Å². The average Bonchev–Trinajstić information content (AvgIpc) is 2.86. The van der Waals surface area contributed by atoms with Gasteiger partial charge in [0, 0.05) is 18.6 Å². The Morgan fingerprint density at radius 3 is 3.33 bits per heavy atom. The van der Waals surface area contributed by atoms with E-state index in [-0.39, 0.29) is 5.91 Å². The predicted molar refractivity (Wildman–Crippen MR) is 52.4 cm³/mol. The number of carbonyl (C=O) groups is 1. The molecule has 2 fully saturated rings. The predicted octanol–water partition coefficient (Wildman–Crippen LogP) is 0.251. The Kier molecular flexibility index (Phi) is 1.98. The van der Waals surface area contributed by atoms with Gasteiger partial charge >= 0.3 is 0 Å². The van der Waals surface area contributed by atoms with Crippen molar-refractivity contribution in [2.45, 2.75) is 24.9 Å². The van der Waals surface area contributed by atoms with Crippen LogP contribution in [0.1, 0.15) is 23.4 Å². The molecule has 1 N–H and O–H groups in total. The van der Waals surface area contributed by atoms with E-state index in [4.69, 9.17) is 4.42 Å². The van der Waals surface area contributed by atoms with Crippen molar-refractivity contribution in [1.82, 2.24) is 15.2 Å². The number of nitrogens with one attached hydrogen (secondary N) is 1. The SMILES string of the molecule is O=C(c1cnco1)N1CC2CC1CCN2. The molecule has 0 radical (unpaired) electrons. The first-order valence-electron chi connectivity index (χ1n) is 5.27. The number of piperidine rings is 1. The van der Waals surface area contributed by atoms with Gasteiger partial charge in [0.2, 0.25) is 5.76 Å². The Morgan fingerprint density at radius 1 is 1.67 bits per heavy atom. The molecule has 2 unspecified atom stereocenters. The smallest absolute Gasteiger partial charge is 0.291 e. The summed E-state index contributed by atoms with van der Waals surface area (Å²) in [6.45, 7) is 1.81. The van der Waals surface area contributed by atoms with Crippen molar-refractivity contribution in [1.29, 1.82) is 0 Å². The molecule has 1 aromatic heterocycles. The second-order valence-corrected chi connectivity index (χ2v) is 4.15. The van der Waals surface area contributed by atoms with E-state index < -0.39 is 0 Å². The van der Waals surface area contributed by atoms with Crippen LogP contribution in [0.2, 0.25) is 0 Å². The molecule has 2 aliphatic rings. The fourth-order valence-corrected chi connectivity index (χ4v) is 2.50. The van der Waals surface area contributed by atoms with Crippen molar-refractivity contribution >= 4 is 5.91 Å². The summed E-state index contributed by atoms with van der Waals surface area (Å²) < 4.78 is 5.03. The number of nitrogens with zero attached hydrogens (tertiary/aromatic N) is 2. The van der Waals surface area contributed by atoms with E-state index >= 15 is 0 Å². The second kappa shape index (κ2) is 3.34. The zero-order valence-corrected chi connectivity index (χ0v) is 8.35. The monoisotopic (exact) mass is 207 g/mol. The molecule has 3 rings (SSSR count). The summed E-state index contributed by atoms with van der Waals surface area (Å²) in [5.41, 5.74) is 0. The highest BCUT2D eigenvalue weighted by Crippen LogP contribution is 2.25. The van der Waals surface area contributed by atoms with Crippen molar-refractivity contribution in [3.63, 3.8) is 0 Å². The number of hydrogen-bond donors (Lipinski definition) is 1. The normalized spacial score (nSPS) is 29.5. The molecule has 5 nitrogen and oxygen atoms in total. The Labute approximate surface area is 87.5 Å². The lowest BCUT2D eigenvalue weighted by Gasteiger charge is -2.23. The highest BCUT2D eigenvalue weighted by molar-refractivity contribution is 5.91. The Morgan fingerprint density at radius 2 is 2.60 bits per heavy atom. The Bertz CT molecular complexity index is 363. The summed E-state index contributed by atoms with van der Waals surface area (Å²) in [5.74, 6) is 0.325. The van der Waals surface area contributed by atoms with E-state index in [9.17, 15) is 4.79 Å². The van der Waals surface area contributed by atoms with Crippen LogP contribution in [0.3, 0.4) is 0 Å². The van der Waals surface area contributed by atoms with Gasteiger partial charge in [-0.3, -0.25) is 4.79 Å². The van der Waals surface area contributed by atoms with Crippen molar-refractivity contribution in [3.05, 3.63) is 18.4 Å². The van der Waals surface area contributed by atoms with Gasteiger partial charge < -0.3 is 14.6 Å². The maximum absolute atomic E-state index is 12.0. The molecule has 5 heteroatoms. The molecule has 2 saturated heterocycles. The minimum absolute atomic E-state index is 0.0244. The third-order valence-electron chi connectivity index (χ3n) is 3.23. The minimum atomic E-state index is -0.0244. The van der Waals surface area contributed by atoms with Crippen molar-refractivity contribution in [3.8, 4) is 0 Å². The number of rotatable bonds is 1. The lowest BCUT2D eigenvalue weighted by molar-refractivity contribution is 0.0704. The maximum atomic E-state index is 12.0. The number of amides is 1. The molecular weight excluding hydrogens is 194 g/mol. The molecule has 2 bridgehead atoms. The molecule has 0 spiro atoms. The number of oxazole rings is 1.